The third kappa shape index (κ3) is 9.59. The van der Waals surface area contributed by atoms with Crippen molar-refractivity contribution in [1.29, 1.82) is 0 Å². The number of rotatable bonds is 2. The molecule has 1 aliphatic rings. The lowest BCUT2D eigenvalue weighted by Gasteiger charge is -2.21. The minimum absolute atomic E-state index is 0.0109. The molecule has 0 bridgehead atoms. The van der Waals surface area contributed by atoms with Gasteiger partial charge in [0.1, 0.15) is 0 Å². The molecule has 30 heavy (non-hydrogen) atoms. The zero-order valence-electron chi connectivity index (χ0n) is 16.4. The molecule has 3 aromatic rings. The predicted molar refractivity (Wildman–Crippen MR) is 124 cm³/mol. The summed E-state index contributed by atoms with van der Waals surface area (Å²) in [5, 5.41) is 6.85. The minimum Gasteiger partial charge on any atom is -0.355 e. The van der Waals surface area contributed by atoms with E-state index in [1.165, 1.54) is 0 Å². The normalized spacial score (nSPS) is 14.7. The summed E-state index contributed by atoms with van der Waals surface area (Å²) in [4.78, 5) is 22.9. The van der Waals surface area contributed by atoms with E-state index in [9.17, 15) is 9.59 Å². The number of carbonyl (C=O) groups excluding carboxylic acids is 2. The number of nitrogens with one attached hydrogen (secondary N) is 2. The molecular formula is C24H24Cl2N2O2. The molecule has 6 heteroatoms. The van der Waals surface area contributed by atoms with Crippen molar-refractivity contribution in [2.45, 2.75) is 12.8 Å². The molecule has 1 unspecified atom stereocenters. The lowest BCUT2D eigenvalue weighted by Crippen LogP contribution is -2.40. The van der Waals surface area contributed by atoms with E-state index in [4.69, 9.17) is 23.2 Å². The van der Waals surface area contributed by atoms with Gasteiger partial charge in [-0.1, -0.05) is 83.9 Å². The highest BCUT2D eigenvalue weighted by Gasteiger charge is 2.24. The third-order valence-corrected chi connectivity index (χ3v) is 4.62. The molecule has 0 spiro atoms. The number of halogens is 2. The maximum Gasteiger partial charge on any atom is 0.229 e. The lowest BCUT2D eigenvalue weighted by atomic mass is 9.98. The van der Waals surface area contributed by atoms with Gasteiger partial charge in [0.15, 0.2) is 0 Å². The molecule has 156 valence electrons. The van der Waals surface area contributed by atoms with Crippen LogP contribution < -0.4 is 10.6 Å². The average molecular weight is 443 g/mol. The summed E-state index contributed by atoms with van der Waals surface area (Å²) in [6.45, 7) is 0.408. The second kappa shape index (κ2) is 13.4. The summed E-state index contributed by atoms with van der Waals surface area (Å²) in [6, 6.07) is 28.4. The van der Waals surface area contributed by atoms with Crippen LogP contribution in [0.15, 0.2) is 91.0 Å². The monoisotopic (exact) mass is 442 g/mol. The number of amides is 2. The van der Waals surface area contributed by atoms with Crippen molar-refractivity contribution in [2.24, 2.45) is 5.92 Å². The van der Waals surface area contributed by atoms with E-state index in [0.29, 0.717) is 30.1 Å². The van der Waals surface area contributed by atoms with Gasteiger partial charge in [-0.3, -0.25) is 9.59 Å². The van der Waals surface area contributed by atoms with Crippen molar-refractivity contribution in [2.75, 3.05) is 11.9 Å². The van der Waals surface area contributed by atoms with Crippen LogP contribution in [-0.2, 0) is 9.59 Å². The maximum absolute atomic E-state index is 11.9. The Morgan fingerprint density at radius 2 is 1.40 bits per heavy atom. The Labute approximate surface area is 187 Å². The summed E-state index contributed by atoms with van der Waals surface area (Å²) < 4.78 is 0. The van der Waals surface area contributed by atoms with Crippen LogP contribution in [0.3, 0.4) is 0 Å². The van der Waals surface area contributed by atoms with Crippen LogP contribution in [0.5, 0.6) is 0 Å². The zero-order valence-corrected chi connectivity index (χ0v) is 17.9. The molecular weight excluding hydrogens is 419 g/mol. The predicted octanol–water partition coefficient (Wildman–Crippen LogP) is 5.83. The standard InChI is InChI=1S/C12H13ClN2O2.C6H5Cl.C6H6/c13-9-2-1-3-10(6-9)15-12(17)8-4-5-11(16)14-7-8;7-6-4-2-1-3-5-6;1-2-4-6-5-3-1/h1-3,6,8H,4-5,7H2,(H,14,16)(H,15,17);1-5H;1-6H. The molecule has 1 heterocycles. The highest BCUT2D eigenvalue weighted by Crippen LogP contribution is 2.18. The van der Waals surface area contributed by atoms with Crippen LogP contribution in [0.25, 0.3) is 0 Å². The maximum atomic E-state index is 11.9. The molecule has 0 aliphatic carbocycles. The van der Waals surface area contributed by atoms with E-state index < -0.39 is 0 Å². The van der Waals surface area contributed by atoms with Gasteiger partial charge in [0, 0.05) is 28.7 Å². The first-order valence-electron chi connectivity index (χ1n) is 9.58. The summed E-state index contributed by atoms with van der Waals surface area (Å²) in [5.74, 6) is -0.226. The summed E-state index contributed by atoms with van der Waals surface area (Å²) in [6.07, 6.45) is 1.01. The number of carbonyl (C=O) groups is 2. The summed E-state index contributed by atoms with van der Waals surface area (Å²) in [5.41, 5.74) is 0.680. The molecule has 4 nitrogen and oxygen atoms in total. The second-order valence-electron chi connectivity index (χ2n) is 6.49. The van der Waals surface area contributed by atoms with Crippen LogP contribution in [-0.4, -0.2) is 18.4 Å². The van der Waals surface area contributed by atoms with Gasteiger partial charge in [-0.05, 0) is 36.8 Å². The van der Waals surface area contributed by atoms with E-state index >= 15 is 0 Å². The zero-order chi connectivity index (χ0) is 21.6. The fourth-order valence-corrected chi connectivity index (χ4v) is 2.90. The highest BCUT2D eigenvalue weighted by atomic mass is 35.5. The smallest absolute Gasteiger partial charge is 0.229 e. The Hall–Kier alpha value is -2.82. The van der Waals surface area contributed by atoms with Gasteiger partial charge in [-0.15, -0.1) is 0 Å². The van der Waals surface area contributed by atoms with Crippen LogP contribution >= 0.6 is 23.2 Å². The van der Waals surface area contributed by atoms with E-state index in [1.807, 2.05) is 66.7 Å². The van der Waals surface area contributed by atoms with Crippen molar-refractivity contribution in [3.8, 4) is 0 Å². The van der Waals surface area contributed by atoms with E-state index in [1.54, 1.807) is 24.3 Å². The van der Waals surface area contributed by atoms with Crippen LogP contribution in [0.2, 0.25) is 10.0 Å². The van der Waals surface area contributed by atoms with Gasteiger partial charge >= 0.3 is 0 Å². The molecule has 1 saturated heterocycles. The number of benzene rings is 3. The van der Waals surface area contributed by atoms with E-state index in [-0.39, 0.29) is 17.7 Å². The second-order valence-corrected chi connectivity index (χ2v) is 7.36. The summed E-state index contributed by atoms with van der Waals surface area (Å²) in [7, 11) is 0. The van der Waals surface area contributed by atoms with Crippen molar-refractivity contribution >= 4 is 40.7 Å². The van der Waals surface area contributed by atoms with Gasteiger partial charge in [0.25, 0.3) is 0 Å². The Bertz CT molecular complexity index is 869. The molecule has 2 N–H and O–H groups in total. The quantitative estimate of drug-likeness (QED) is 0.524. The van der Waals surface area contributed by atoms with Crippen molar-refractivity contribution in [3.05, 3.63) is 101 Å². The van der Waals surface area contributed by atoms with Gasteiger partial charge < -0.3 is 10.6 Å². The first kappa shape index (κ1) is 23.5. The topological polar surface area (TPSA) is 58.2 Å². The SMILES string of the molecule is Clc1ccccc1.O=C1CCC(C(=O)Nc2cccc(Cl)c2)CN1.c1ccccc1. The molecule has 1 atom stereocenters. The van der Waals surface area contributed by atoms with E-state index in [2.05, 4.69) is 10.6 Å². The first-order valence-corrected chi connectivity index (χ1v) is 10.3. The Morgan fingerprint density at radius 3 is 1.87 bits per heavy atom. The number of hydrogen-bond donors (Lipinski definition) is 2. The van der Waals surface area contributed by atoms with Gasteiger partial charge in [0.2, 0.25) is 11.8 Å². The summed E-state index contributed by atoms with van der Waals surface area (Å²) >= 11 is 11.4. The Balaban J connectivity index is 0.000000200. The van der Waals surface area contributed by atoms with Crippen molar-refractivity contribution < 1.29 is 9.59 Å². The van der Waals surface area contributed by atoms with Gasteiger partial charge in [0.05, 0.1) is 5.92 Å². The van der Waals surface area contributed by atoms with Crippen LogP contribution in [0.4, 0.5) is 5.69 Å². The van der Waals surface area contributed by atoms with Crippen LogP contribution in [0.1, 0.15) is 12.8 Å². The largest absolute Gasteiger partial charge is 0.355 e. The van der Waals surface area contributed by atoms with Crippen molar-refractivity contribution in [1.82, 2.24) is 5.32 Å². The fourth-order valence-electron chi connectivity index (χ4n) is 2.57. The van der Waals surface area contributed by atoms with E-state index in [0.717, 1.165) is 5.02 Å². The molecule has 0 saturated carbocycles. The lowest BCUT2D eigenvalue weighted by molar-refractivity contribution is -0.126. The van der Waals surface area contributed by atoms with Crippen molar-refractivity contribution in [3.63, 3.8) is 0 Å². The van der Waals surface area contributed by atoms with Gasteiger partial charge in [-0.2, -0.15) is 0 Å². The minimum atomic E-state index is -0.160. The number of piperidine rings is 1. The number of hydrogen-bond acceptors (Lipinski definition) is 2. The molecule has 1 fully saturated rings. The molecule has 3 aromatic carbocycles. The molecule has 4 rings (SSSR count). The third-order valence-electron chi connectivity index (χ3n) is 4.13. The molecule has 0 aromatic heterocycles. The van der Waals surface area contributed by atoms with Gasteiger partial charge in [-0.25, -0.2) is 0 Å². The highest BCUT2D eigenvalue weighted by molar-refractivity contribution is 6.31. The Morgan fingerprint density at radius 1 is 0.833 bits per heavy atom. The number of anilines is 1. The first-order chi connectivity index (χ1) is 14.5. The van der Waals surface area contributed by atoms with Crippen LogP contribution in [0, 0.1) is 5.92 Å². The molecule has 2 amide bonds. The molecule has 1 aliphatic heterocycles. The fraction of sp³-hybridized carbons (Fsp3) is 0.167. The Kier molecular flexibility index (Phi) is 10.5. The average Bonchev–Trinajstić information content (AvgIpc) is 2.77. The molecule has 0 radical (unpaired) electrons.